The van der Waals surface area contributed by atoms with Crippen molar-refractivity contribution in [2.24, 2.45) is 5.73 Å². The Hall–Kier alpha value is -1.44. The van der Waals surface area contributed by atoms with Gasteiger partial charge in [0.15, 0.2) is 0 Å². The van der Waals surface area contributed by atoms with E-state index in [1.54, 1.807) is 12.1 Å². The summed E-state index contributed by atoms with van der Waals surface area (Å²) in [6, 6.07) is 6.43. The van der Waals surface area contributed by atoms with Crippen LogP contribution in [0.25, 0.3) is 0 Å². The average molecular weight is 354 g/mol. The van der Waals surface area contributed by atoms with Crippen molar-refractivity contribution in [2.75, 3.05) is 13.7 Å². The van der Waals surface area contributed by atoms with Crippen LogP contribution >= 0.6 is 0 Å². The molecule has 6 nitrogen and oxygen atoms in total. The first-order valence-corrected chi connectivity index (χ1v) is 9.69. The fourth-order valence-corrected chi connectivity index (χ4v) is 3.84. The third kappa shape index (κ3) is 3.63. The van der Waals surface area contributed by atoms with Gasteiger partial charge in [-0.2, -0.15) is 0 Å². The molecule has 1 saturated carbocycles. The fourth-order valence-electron chi connectivity index (χ4n) is 2.71. The van der Waals surface area contributed by atoms with E-state index in [-0.39, 0.29) is 17.4 Å². The quantitative estimate of drug-likeness (QED) is 0.692. The van der Waals surface area contributed by atoms with Crippen molar-refractivity contribution in [2.45, 2.75) is 55.4 Å². The summed E-state index contributed by atoms with van der Waals surface area (Å²) < 4.78 is 32.3. The lowest BCUT2D eigenvalue weighted by Crippen LogP contribution is -2.49. The van der Waals surface area contributed by atoms with Gasteiger partial charge in [0.05, 0.1) is 17.4 Å². The van der Waals surface area contributed by atoms with E-state index in [0.717, 1.165) is 18.4 Å². The molecule has 0 radical (unpaired) electrons. The zero-order valence-electron chi connectivity index (χ0n) is 14.5. The molecule has 1 aromatic carbocycles. The number of rotatable bonds is 8. The van der Waals surface area contributed by atoms with Gasteiger partial charge in [-0.25, -0.2) is 13.1 Å². The molecule has 0 bridgehead atoms. The van der Waals surface area contributed by atoms with E-state index in [4.69, 9.17) is 10.5 Å². The summed E-state index contributed by atoms with van der Waals surface area (Å²) in [5.41, 5.74) is 5.79. The molecule has 24 heavy (non-hydrogen) atoms. The van der Waals surface area contributed by atoms with Gasteiger partial charge in [-0.1, -0.05) is 26.0 Å². The van der Waals surface area contributed by atoms with Gasteiger partial charge >= 0.3 is 5.97 Å². The maximum Gasteiger partial charge on any atom is 0.316 e. The lowest BCUT2D eigenvalue weighted by atomic mass is 9.95. The van der Waals surface area contributed by atoms with E-state index in [1.807, 2.05) is 13.8 Å². The Balaban J connectivity index is 2.14. The van der Waals surface area contributed by atoms with Crippen molar-refractivity contribution >= 4 is 16.0 Å². The molecule has 0 unspecified atom stereocenters. The highest BCUT2D eigenvalue weighted by Crippen LogP contribution is 2.49. The number of nitrogens with one attached hydrogen (secondary N) is 1. The van der Waals surface area contributed by atoms with Crippen LogP contribution in [0.15, 0.2) is 29.2 Å². The summed E-state index contributed by atoms with van der Waals surface area (Å²) in [5.74, 6) is -0.268. The van der Waals surface area contributed by atoms with E-state index in [9.17, 15) is 13.2 Å². The predicted octanol–water partition coefficient (Wildman–Crippen LogP) is 1.69. The molecular formula is C17H26N2O4S. The first-order chi connectivity index (χ1) is 11.2. The lowest BCUT2D eigenvalue weighted by Gasteiger charge is -2.26. The topological polar surface area (TPSA) is 98.5 Å². The molecule has 7 heteroatoms. The Morgan fingerprint density at radius 3 is 2.21 bits per heavy atom. The van der Waals surface area contributed by atoms with E-state index >= 15 is 0 Å². The van der Waals surface area contributed by atoms with E-state index in [0.29, 0.717) is 12.8 Å². The number of hydrogen-bond donors (Lipinski definition) is 2. The molecule has 1 aliphatic carbocycles. The number of methoxy groups -OCH3 is 1. The molecule has 134 valence electrons. The standard InChI is InChI=1S/C17H26N2O4S/c1-4-16(18,5-2)12-19-24(21,22)14-8-6-13(7-9-14)17(10-11-17)15(20)23-3/h6-9,19H,4-5,10-12,18H2,1-3H3. The monoisotopic (exact) mass is 354 g/mol. The predicted molar refractivity (Wildman–Crippen MR) is 92.1 cm³/mol. The number of hydrogen-bond acceptors (Lipinski definition) is 5. The van der Waals surface area contributed by atoms with Gasteiger partial charge in [0.25, 0.3) is 0 Å². The summed E-state index contributed by atoms with van der Waals surface area (Å²) in [6.45, 7) is 4.07. The third-order valence-corrected chi connectivity index (χ3v) is 6.48. The second-order valence-corrected chi connectivity index (χ2v) is 8.26. The van der Waals surface area contributed by atoms with Gasteiger partial charge in [-0.3, -0.25) is 4.79 Å². The summed E-state index contributed by atoms with van der Waals surface area (Å²) in [5, 5.41) is 0. The maximum atomic E-state index is 12.4. The molecule has 1 fully saturated rings. The number of carbonyl (C=O) groups excluding carboxylic acids is 1. The van der Waals surface area contributed by atoms with Crippen molar-refractivity contribution in [3.63, 3.8) is 0 Å². The first kappa shape index (κ1) is 18.9. The molecule has 0 aliphatic heterocycles. The smallest absolute Gasteiger partial charge is 0.316 e. The molecule has 1 aromatic rings. The molecule has 0 saturated heterocycles. The summed E-state index contributed by atoms with van der Waals surface area (Å²) >= 11 is 0. The van der Waals surface area contributed by atoms with Crippen molar-refractivity contribution in [1.82, 2.24) is 4.72 Å². The van der Waals surface area contributed by atoms with Crippen LogP contribution in [-0.2, 0) is 25.0 Å². The highest BCUT2D eigenvalue weighted by Gasteiger charge is 2.52. The number of benzene rings is 1. The Morgan fingerprint density at radius 2 is 1.79 bits per heavy atom. The largest absolute Gasteiger partial charge is 0.468 e. The molecule has 0 spiro atoms. The Bertz CT molecular complexity index is 690. The van der Waals surface area contributed by atoms with Gasteiger partial charge in [-0.15, -0.1) is 0 Å². The summed E-state index contributed by atoms with van der Waals surface area (Å²) in [7, 11) is -2.26. The highest BCUT2D eigenvalue weighted by molar-refractivity contribution is 7.89. The van der Waals surface area contributed by atoms with Crippen molar-refractivity contribution in [3.05, 3.63) is 29.8 Å². The van der Waals surface area contributed by atoms with Crippen LogP contribution in [-0.4, -0.2) is 33.6 Å². The zero-order valence-corrected chi connectivity index (χ0v) is 15.3. The third-order valence-electron chi connectivity index (χ3n) is 5.07. The Labute approximate surface area is 143 Å². The van der Waals surface area contributed by atoms with E-state index in [2.05, 4.69) is 4.72 Å². The van der Waals surface area contributed by atoms with E-state index < -0.39 is 21.0 Å². The van der Waals surface area contributed by atoms with Crippen LogP contribution in [0.3, 0.4) is 0 Å². The molecular weight excluding hydrogens is 328 g/mol. The number of sulfonamides is 1. The average Bonchev–Trinajstić information content (AvgIpc) is 3.41. The van der Waals surface area contributed by atoms with Crippen LogP contribution in [0.2, 0.25) is 0 Å². The molecule has 0 amide bonds. The number of esters is 1. The fraction of sp³-hybridized carbons (Fsp3) is 0.588. The minimum atomic E-state index is -3.63. The van der Waals surface area contributed by atoms with Crippen molar-refractivity contribution < 1.29 is 17.9 Å². The molecule has 0 aromatic heterocycles. The van der Waals surface area contributed by atoms with Crippen LogP contribution in [0.5, 0.6) is 0 Å². The Kier molecular flexibility index (Phi) is 5.37. The van der Waals surface area contributed by atoms with Crippen molar-refractivity contribution in [3.8, 4) is 0 Å². The minimum absolute atomic E-state index is 0.168. The summed E-state index contributed by atoms with van der Waals surface area (Å²) in [4.78, 5) is 12.1. The van der Waals surface area contributed by atoms with Gasteiger partial charge in [0, 0.05) is 12.1 Å². The highest BCUT2D eigenvalue weighted by atomic mass is 32.2. The Morgan fingerprint density at radius 1 is 1.25 bits per heavy atom. The molecule has 3 N–H and O–H groups in total. The number of ether oxygens (including phenoxy) is 1. The lowest BCUT2D eigenvalue weighted by molar-refractivity contribution is -0.143. The van der Waals surface area contributed by atoms with Crippen molar-refractivity contribution in [1.29, 1.82) is 0 Å². The van der Waals surface area contributed by atoms with E-state index in [1.165, 1.54) is 19.2 Å². The van der Waals surface area contributed by atoms with Gasteiger partial charge in [-0.05, 0) is 43.4 Å². The minimum Gasteiger partial charge on any atom is -0.468 e. The van der Waals surface area contributed by atoms with Crippen LogP contribution < -0.4 is 10.5 Å². The van der Waals surface area contributed by atoms with Crippen LogP contribution in [0.1, 0.15) is 45.1 Å². The second-order valence-electron chi connectivity index (χ2n) is 6.49. The van der Waals surface area contributed by atoms with Gasteiger partial charge < -0.3 is 10.5 Å². The first-order valence-electron chi connectivity index (χ1n) is 8.20. The maximum absolute atomic E-state index is 12.4. The van der Waals surface area contributed by atoms with Gasteiger partial charge in [0.2, 0.25) is 10.0 Å². The summed E-state index contributed by atoms with van der Waals surface area (Å²) in [6.07, 6.45) is 2.83. The normalized spacial score (nSPS) is 16.7. The SMILES string of the molecule is CCC(N)(CC)CNS(=O)(=O)c1ccc(C2(C(=O)OC)CC2)cc1. The zero-order chi connectivity index (χ0) is 18.0. The van der Waals surface area contributed by atoms with Gasteiger partial charge in [0.1, 0.15) is 0 Å². The molecule has 2 rings (SSSR count). The van der Waals surface area contributed by atoms with Crippen LogP contribution in [0, 0.1) is 0 Å². The molecule has 1 aliphatic rings. The second kappa shape index (κ2) is 6.82. The number of carbonyl (C=O) groups is 1. The molecule has 0 atom stereocenters. The van der Waals surface area contributed by atoms with Crippen LogP contribution in [0.4, 0.5) is 0 Å². The molecule has 0 heterocycles. The number of nitrogens with two attached hydrogens (primary N) is 1.